The number of morpholine rings is 1. The van der Waals surface area contributed by atoms with Crippen molar-refractivity contribution in [1.82, 2.24) is 14.8 Å². The zero-order valence-electron chi connectivity index (χ0n) is 17.5. The second-order valence-electron chi connectivity index (χ2n) is 7.96. The van der Waals surface area contributed by atoms with E-state index in [1.165, 1.54) is 16.0 Å². The van der Waals surface area contributed by atoms with Crippen molar-refractivity contribution in [2.45, 2.75) is 25.3 Å². The zero-order valence-corrected chi connectivity index (χ0v) is 19.1. The van der Waals surface area contributed by atoms with Gasteiger partial charge in [-0.3, -0.25) is 9.69 Å². The molecule has 5 rings (SSSR count). The molecule has 0 aliphatic carbocycles. The third-order valence-corrected chi connectivity index (χ3v) is 8.27. The Morgan fingerprint density at radius 3 is 2.58 bits per heavy atom. The van der Waals surface area contributed by atoms with Gasteiger partial charge >= 0.3 is 0 Å². The van der Waals surface area contributed by atoms with Crippen LogP contribution in [0.4, 0.5) is 0 Å². The fraction of sp³-hybridized carbons (Fsp3) is 0.375. The Morgan fingerprint density at radius 1 is 1.06 bits per heavy atom. The summed E-state index contributed by atoms with van der Waals surface area (Å²) in [6, 6.07) is 12.6. The standard InChI is InChI=1S/C24H27N3O2S2/c28-23(22-20-7-14-30-17-21(20)31-24(22)27-8-1-2-9-27)25-15-18-3-5-19(6-4-18)16-26-10-12-29-13-11-26/h1-6,8-9H,7,10-17H2,(H,25,28). The predicted molar refractivity (Wildman–Crippen MR) is 127 cm³/mol. The topological polar surface area (TPSA) is 46.5 Å². The zero-order chi connectivity index (χ0) is 21.0. The smallest absolute Gasteiger partial charge is 0.254 e. The van der Waals surface area contributed by atoms with Gasteiger partial charge in [-0.15, -0.1) is 11.3 Å². The number of nitrogens with one attached hydrogen (secondary N) is 1. The number of benzene rings is 1. The first-order chi connectivity index (χ1) is 15.3. The molecule has 4 heterocycles. The van der Waals surface area contributed by atoms with Gasteiger partial charge in [-0.1, -0.05) is 24.3 Å². The van der Waals surface area contributed by atoms with Gasteiger partial charge in [0.15, 0.2) is 0 Å². The molecular formula is C24H27N3O2S2. The van der Waals surface area contributed by atoms with Gasteiger partial charge in [-0.25, -0.2) is 0 Å². The summed E-state index contributed by atoms with van der Waals surface area (Å²) >= 11 is 3.71. The Kier molecular flexibility index (Phi) is 6.45. The van der Waals surface area contributed by atoms with Crippen LogP contribution < -0.4 is 5.32 Å². The summed E-state index contributed by atoms with van der Waals surface area (Å²) in [5.74, 6) is 2.12. The predicted octanol–water partition coefficient (Wildman–Crippen LogP) is 4.09. The number of carbonyl (C=O) groups is 1. The van der Waals surface area contributed by atoms with Crippen molar-refractivity contribution in [3.05, 3.63) is 75.9 Å². The number of thiophene rings is 1. The number of hydrogen-bond acceptors (Lipinski definition) is 5. The largest absolute Gasteiger partial charge is 0.379 e. The van der Waals surface area contributed by atoms with Crippen LogP contribution in [0.3, 0.4) is 0 Å². The highest BCUT2D eigenvalue weighted by Crippen LogP contribution is 2.38. The van der Waals surface area contributed by atoms with Crippen LogP contribution in [0, 0.1) is 0 Å². The van der Waals surface area contributed by atoms with Gasteiger partial charge in [-0.2, -0.15) is 11.8 Å². The van der Waals surface area contributed by atoms with Crippen LogP contribution in [0.1, 0.15) is 31.9 Å². The minimum Gasteiger partial charge on any atom is -0.379 e. The van der Waals surface area contributed by atoms with Gasteiger partial charge in [0, 0.05) is 49.2 Å². The molecular weight excluding hydrogens is 426 g/mol. The van der Waals surface area contributed by atoms with E-state index in [9.17, 15) is 4.79 Å². The fourth-order valence-corrected chi connectivity index (χ4v) is 6.60. The van der Waals surface area contributed by atoms with Gasteiger partial charge in [-0.05, 0) is 41.0 Å². The third kappa shape index (κ3) is 4.75. The van der Waals surface area contributed by atoms with E-state index in [-0.39, 0.29) is 5.91 Å². The third-order valence-electron chi connectivity index (χ3n) is 5.85. The first-order valence-electron chi connectivity index (χ1n) is 10.8. The van der Waals surface area contributed by atoms with Crippen molar-refractivity contribution in [1.29, 1.82) is 0 Å². The summed E-state index contributed by atoms with van der Waals surface area (Å²) in [4.78, 5) is 17.0. The maximum atomic E-state index is 13.3. The van der Waals surface area contributed by atoms with Crippen molar-refractivity contribution >= 4 is 29.0 Å². The number of aromatic nitrogens is 1. The Hall–Kier alpha value is -2.06. The molecule has 0 unspecified atom stereocenters. The van der Waals surface area contributed by atoms with Gasteiger partial charge < -0.3 is 14.6 Å². The number of hydrogen-bond donors (Lipinski definition) is 1. The molecule has 2 aliphatic heterocycles. The van der Waals surface area contributed by atoms with Crippen molar-refractivity contribution in [3.8, 4) is 5.00 Å². The fourth-order valence-electron chi connectivity index (χ4n) is 4.15. The van der Waals surface area contributed by atoms with E-state index < -0.39 is 0 Å². The number of nitrogens with zero attached hydrogens (tertiary/aromatic N) is 2. The molecule has 0 spiro atoms. The molecule has 0 atom stereocenters. The van der Waals surface area contributed by atoms with Crippen molar-refractivity contribution in [2.75, 3.05) is 32.1 Å². The van der Waals surface area contributed by atoms with Crippen LogP contribution in [-0.4, -0.2) is 47.4 Å². The molecule has 3 aromatic rings. The Bertz CT molecular complexity index is 1020. The number of amides is 1. The van der Waals surface area contributed by atoms with E-state index in [0.717, 1.165) is 66.9 Å². The molecule has 1 amide bonds. The molecule has 1 aromatic carbocycles. The van der Waals surface area contributed by atoms with Gasteiger partial charge in [0.2, 0.25) is 0 Å². The van der Waals surface area contributed by atoms with E-state index in [4.69, 9.17) is 4.74 Å². The second kappa shape index (κ2) is 9.61. The summed E-state index contributed by atoms with van der Waals surface area (Å²) < 4.78 is 7.50. The SMILES string of the molecule is O=C(NCc1ccc(CN2CCOCC2)cc1)c1c(-n2cccc2)sc2c1CCSC2. The van der Waals surface area contributed by atoms with E-state index in [1.54, 1.807) is 11.3 Å². The second-order valence-corrected chi connectivity index (χ2v) is 10.2. The average Bonchev–Trinajstić information content (AvgIpc) is 3.47. The highest BCUT2D eigenvalue weighted by Gasteiger charge is 2.26. The maximum absolute atomic E-state index is 13.3. The van der Waals surface area contributed by atoms with Crippen LogP contribution in [-0.2, 0) is 30.0 Å². The molecule has 5 nitrogen and oxygen atoms in total. The maximum Gasteiger partial charge on any atom is 0.254 e. The highest BCUT2D eigenvalue weighted by molar-refractivity contribution is 7.98. The molecule has 1 N–H and O–H groups in total. The minimum absolute atomic E-state index is 0.0329. The molecule has 0 bridgehead atoms. The number of carbonyl (C=O) groups excluding carboxylic acids is 1. The van der Waals surface area contributed by atoms with E-state index >= 15 is 0 Å². The monoisotopic (exact) mass is 453 g/mol. The first kappa shape index (κ1) is 20.8. The Morgan fingerprint density at radius 2 is 1.81 bits per heavy atom. The Labute approximate surface area is 191 Å². The lowest BCUT2D eigenvalue weighted by Gasteiger charge is -2.26. The molecule has 1 saturated heterocycles. The lowest BCUT2D eigenvalue weighted by molar-refractivity contribution is 0.0342. The van der Waals surface area contributed by atoms with Crippen LogP contribution in [0.25, 0.3) is 5.00 Å². The number of rotatable bonds is 6. The summed E-state index contributed by atoms with van der Waals surface area (Å²) in [6.45, 7) is 5.12. The van der Waals surface area contributed by atoms with Crippen molar-refractivity contribution in [3.63, 3.8) is 0 Å². The molecule has 1 fully saturated rings. The average molecular weight is 454 g/mol. The lowest BCUT2D eigenvalue weighted by Crippen LogP contribution is -2.35. The summed E-state index contributed by atoms with van der Waals surface area (Å²) in [7, 11) is 0. The van der Waals surface area contributed by atoms with E-state index in [0.29, 0.717) is 6.54 Å². The number of ether oxygens (including phenoxy) is 1. The van der Waals surface area contributed by atoms with Crippen LogP contribution in [0.2, 0.25) is 0 Å². The first-order valence-corrected chi connectivity index (χ1v) is 12.8. The van der Waals surface area contributed by atoms with Gasteiger partial charge in [0.25, 0.3) is 5.91 Å². The molecule has 0 saturated carbocycles. The van der Waals surface area contributed by atoms with Crippen LogP contribution in [0.15, 0.2) is 48.8 Å². The summed E-state index contributed by atoms with van der Waals surface area (Å²) in [6.07, 6.45) is 5.01. The molecule has 7 heteroatoms. The quantitative estimate of drug-likeness (QED) is 0.611. The van der Waals surface area contributed by atoms with Crippen LogP contribution in [0.5, 0.6) is 0 Å². The molecule has 2 aromatic heterocycles. The Balaban J connectivity index is 1.27. The van der Waals surface area contributed by atoms with Crippen LogP contribution >= 0.6 is 23.1 Å². The molecule has 0 radical (unpaired) electrons. The van der Waals surface area contributed by atoms with E-state index in [2.05, 4.69) is 39.0 Å². The normalized spacial score (nSPS) is 16.8. The minimum atomic E-state index is 0.0329. The summed E-state index contributed by atoms with van der Waals surface area (Å²) in [5, 5.41) is 4.21. The van der Waals surface area contributed by atoms with Crippen molar-refractivity contribution in [2.24, 2.45) is 0 Å². The van der Waals surface area contributed by atoms with E-state index in [1.807, 2.05) is 36.3 Å². The van der Waals surface area contributed by atoms with Gasteiger partial charge in [0.1, 0.15) is 5.00 Å². The number of fused-ring (bicyclic) bond motifs is 1. The molecule has 2 aliphatic rings. The summed E-state index contributed by atoms with van der Waals surface area (Å²) in [5.41, 5.74) is 4.53. The number of thioether (sulfide) groups is 1. The van der Waals surface area contributed by atoms with Crippen molar-refractivity contribution < 1.29 is 9.53 Å². The highest BCUT2D eigenvalue weighted by atomic mass is 32.2. The molecule has 31 heavy (non-hydrogen) atoms. The van der Waals surface area contributed by atoms with Gasteiger partial charge in [0.05, 0.1) is 18.8 Å². The lowest BCUT2D eigenvalue weighted by atomic mass is 10.1. The molecule has 162 valence electrons.